The quantitative estimate of drug-likeness (QED) is 0.352. The number of phenols is 1. The first-order chi connectivity index (χ1) is 16.2. The number of aromatic hydroxyl groups is 1. The number of allylic oxidation sites excluding steroid dienone is 1. The summed E-state index contributed by atoms with van der Waals surface area (Å²) in [6, 6.07) is 24.1. The Morgan fingerprint density at radius 1 is 0.939 bits per heavy atom. The molecule has 1 heterocycles. The number of benzene rings is 3. The predicted molar refractivity (Wildman–Crippen MR) is 135 cm³/mol. The van der Waals surface area contributed by atoms with Gasteiger partial charge in [0.2, 0.25) is 0 Å². The zero-order chi connectivity index (χ0) is 22.9. The Bertz CT molecular complexity index is 1060. The van der Waals surface area contributed by atoms with Gasteiger partial charge in [0, 0.05) is 23.7 Å². The molecule has 0 bridgehead atoms. The van der Waals surface area contributed by atoms with Crippen LogP contribution in [0.4, 0.5) is 0 Å². The van der Waals surface area contributed by atoms with Gasteiger partial charge >= 0.3 is 0 Å². The van der Waals surface area contributed by atoms with Crippen LogP contribution in [0.3, 0.4) is 0 Å². The third-order valence-electron chi connectivity index (χ3n) is 5.96. The Balaban J connectivity index is 1.46. The zero-order valence-corrected chi connectivity index (χ0v) is 19.3. The Hall–Kier alpha value is -3.24. The van der Waals surface area contributed by atoms with Crippen LogP contribution < -0.4 is 14.8 Å². The molecule has 4 nitrogen and oxygen atoms in total. The van der Waals surface area contributed by atoms with Gasteiger partial charge in [-0.05, 0) is 60.4 Å². The molecule has 3 aromatic rings. The van der Waals surface area contributed by atoms with Crippen LogP contribution in [0.5, 0.6) is 17.2 Å². The molecule has 4 heteroatoms. The largest absolute Gasteiger partial charge is 0.508 e. The second-order valence-corrected chi connectivity index (χ2v) is 8.42. The second kappa shape index (κ2) is 11.6. The molecular formula is C29H33NO3. The number of ether oxygens (including phenoxy) is 2. The molecule has 0 unspecified atom stereocenters. The summed E-state index contributed by atoms with van der Waals surface area (Å²) < 4.78 is 11.9. The molecule has 2 N–H and O–H groups in total. The van der Waals surface area contributed by atoms with Crippen molar-refractivity contribution in [3.8, 4) is 17.2 Å². The molecule has 1 aliphatic heterocycles. The molecule has 33 heavy (non-hydrogen) atoms. The molecule has 3 aromatic carbocycles. The Morgan fingerprint density at radius 3 is 2.55 bits per heavy atom. The average molecular weight is 444 g/mol. The van der Waals surface area contributed by atoms with E-state index in [1.165, 1.54) is 36.0 Å². The molecule has 4 rings (SSSR count). The molecule has 172 valence electrons. The maximum atomic E-state index is 9.91. The van der Waals surface area contributed by atoms with Gasteiger partial charge in [-0.1, -0.05) is 62.2 Å². The van der Waals surface area contributed by atoms with Crippen LogP contribution in [0, 0.1) is 0 Å². The van der Waals surface area contributed by atoms with E-state index in [9.17, 15) is 5.11 Å². The number of nitrogens with one attached hydrogen (secondary N) is 1. The van der Waals surface area contributed by atoms with E-state index in [0.717, 1.165) is 42.1 Å². The fourth-order valence-corrected chi connectivity index (χ4v) is 4.15. The second-order valence-electron chi connectivity index (χ2n) is 8.42. The number of phenolic OH excluding ortho intramolecular Hbond substituents is 1. The van der Waals surface area contributed by atoms with Crippen molar-refractivity contribution in [1.29, 1.82) is 0 Å². The van der Waals surface area contributed by atoms with Crippen molar-refractivity contribution in [3.63, 3.8) is 0 Å². The molecule has 1 aliphatic rings. The zero-order valence-electron chi connectivity index (χ0n) is 19.3. The summed E-state index contributed by atoms with van der Waals surface area (Å²) in [5.74, 6) is 1.84. The number of hydrogen-bond acceptors (Lipinski definition) is 4. The molecule has 0 saturated carbocycles. The van der Waals surface area contributed by atoms with Crippen molar-refractivity contribution < 1.29 is 14.6 Å². The first-order valence-electron chi connectivity index (χ1n) is 11.9. The van der Waals surface area contributed by atoms with E-state index < -0.39 is 0 Å². The predicted octanol–water partition coefficient (Wildman–Crippen LogP) is 6.10. The fraction of sp³-hybridized carbons (Fsp3) is 0.310. The van der Waals surface area contributed by atoms with Gasteiger partial charge < -0.3 is 19.9 Å². The summed E-state index contributed by atoms with van der Waals surface area (Å²) >= 11 is 0. The van der Waals surface area contributed by atoms with Gasteiger partial charge in [-0.2, -0.15) is 0 Å². The van der Waals surface area contributed by atoms with Crippen LogP contribution in [-0.2, 0) is 6.42 Å². The molecule has 0 aliphatic carbocycles. The van der Waals surface area contributed by atoms with Crippen molar-refractivity contribution in [1.82, 2.24) is 5.32 Å². The van der Waals surface area contributed by atoms with E-state index in [2.05, 4.69) is 48.6 Å². The SMILES string of the molecule is CCCCCNCCOc1ccc(CC2=C(c3ccccc3)COc3cc(O)ccc32)cc1. The van der Waals surface area contributed by atoms with Gasteiger partial charge in [-0.15, -0.1) is 0 Å². The van der Waals surface area contributed by atoms with Crippen LogP contribution in [-0.4, -0.2) is 31.4 Å². The number of fused-ring (bicyclic) bond motifs is 1. The van der Waals surface area contributed by atoms with E-state index in [4.69, 9.17) is 9.47 Å². The molecular weight excluding hydrogens is 410 g/mol. The summed E-state index contributed by atoms with van der Waals surface area (Å²) in [6.07, 6.45) is 4.52. The fourth-order valence-electron chi connectivity index (χ4n) is 4.15. The van der Waals surface area contributed by atoms with E-state index in [-0.39, 0.29) is 5.75 Å². The average Bonchev–Trinajstić information content (AvgIpc) is 2.85. The van der Waals surface area contributed by atoms with Gasteiger partial charge in [0.1, 0.15) is 30.5 Å². The summed E-state index contributed by atoms with van der Waals surface area (Å²) in [5.41, 5.74) is 5.82. The van der Waals surface area contributed by atoms with Crippen LogP contribution in [0.25, 0.3) is 11.1 Å². The number of rotatable bonds is 11. The molecule has 0 atom stereocenters. The summed E-state index contributed by atoms with van der Waals surface area (Å²) in [4.78, 5) is 0. The highest BCUT2D eigenvalue weighted by Crippen LogP contribution is 2.40. The maximum Gasteiger partial charge on any atom is 0.131 e. The topological polar surface area (TPSA) is 50.7 Å². The van der Waals surface area contributed by atoms with Crippen LogP contribution in [0.15, 0.2) is 72.8 Å². The highest BCUT2D eigenvalue weighted by molar-refractivity contribution is 5.95. The summed E-state index contributed by atoms with van der Waals surface area (Å²) in [5, 5.41) is 13.3. The minimum Gasteiger partial charge on any atom is -0.508 e. The van der Waals surface area contributed by atoms with Crippen molar-refractivity contribution >= 4 is 11.1 Å². The third kappa shape index (κ3) is 6.17. The van der Waals surface area contributed by atoms with E-state index >= 15 is 0 Å². The first kappa shape index (κ1) is 22.9. The molecule has 0 amide bonds. The molecule has 0 radical (unpaired) electrons. The minimum absolute atomic E-state index is 0.220. The smallest absolute Gasteiger partial charge is 0.131 e. The van der Waals surface area contributed by atoms with E-state index in [1.807, 2.05) is 24.3 Å². The molecule has 0 saturated heterocycles. The molecule has 0 spiro atoms. The number of unbranched alkanes of at least 4 members (excludes halogenated alkanes) is 2. The van der Waals surface area contributed by atoms with Crippen molar-refractivity contribution in [2.45, 2.75) is 32.6 Å². The monoisotopic (exact) mass is 443 g/mol. The normalized spacial score (nSPS) is 12.9. The minimum atomic E-state index is 0.220. The molecule has 0 aromatic heterocycles. The van der Waals surface area contributed by atoms with Crippen LogP contribution >= 0.6 is 0 Å². The van der Waals surface area contributed by atoms with Crippen molar-refractivity contribution in [3.05, 3.63) is 89.5 Å². The summed E-state index contributed by atoms with van der Waals surface area (Å²) in [6.45, 7) is 5.29. The van der Waals surface area contributed by atoms with Gasteiger partial charge in [0.05, 0.1) is 0 Å². The Morgan fingerprint density at radius 2 is 1.76 bits per heavy atom. The van der Waals surface area contributed by atoms with Gasteiger partial charge in [0.25, 0.3) is 0 Å². The lowest BCUT2D eigenvalue weighted by atomic mass is 9.88. The lowest BCUT2D eigenvalue weighted by molar-refractivity contribution is 0.313. The van der Waals surface area contributed by atoms with Crippen LogP contribution in [0.2, 0.25) is 0 Å². The standard InChI is InChI=1S/C29H33NO3/c1-2-3-7-16-30-17-18-32-25-13-10-22(11-14-25)19-27-26-15-12-24(31)20-29(26)33-21-28(27)23-8-5-4-6-9-23/h4-6,8-15,20,30-31H,2-3,7,16-19,21H2,1H3. The Labute approximate surface area is 196 Å². The van der Waals surface area contributed by atoms with Crippen molar-refractivity contribution in [2.24, 2.45) is 0 Å². The highest BCUT2D eigenvalue weighted by atomic mass is 16.5. The third-order valence-corrected chi connectivity index (χ3v) is 5.96. The first-order valence-corrected chi connectivity index (χ1v) is 11.9. The lowest BCUT2D eigenvalue weighted by Crippen LogP contribution is -2.22. The molecule has 0 fully saturated rings. The van der Waals surface area contributed by atoms with E-state index in [1.54, 1.807) is 12.1 Å². The highest BCUT2D eigenvalue weighted by Gasteiger charge is 2.22. The van der Waals surface area contributed by atoms with Crippen molar-refractivity contribution in [2.75, 3.05) is 26.3 Å². The van der Waals surface area contributed by atoms with Gasteiger partial charge in [-0.25, -0.2) is 0 Å². The lowest BCUT2D eigenvalue weighted by Gasteiger charge is -2.25. The number of hydrogen-bond donors (Lipinski definition) is 2. The van der Waals surface area contributed by atoms with E-state index in [0.29, 0.717) is 13.2 Å². The van der Waals surface area contributed by atoms with Gasteiger partial charge in [0.15, 0.2) is 0 Å². The Kier molecular flexibility index (Phi) is 8.04. The summed E-state index contributed by atoms with van der Waals surface area (Å²) in [7, 11) is 0. The van der Waals surface area contributed by atoms with Crippen LogP contribution in [0.1, 0.15) is 42.9 Å². The van der Waals surface area contributed by atoms with Gasteiger partial charge in [-0.3, -0.25) is 0 Å². The maximum absolute atomic E-state index is 9.91.